The molecule has 0 saturated carbocycles. The van der Waals surface area contributed by atoms with Gasteiger partial charge in [0, 0.05) is 18.5 Å². The Bertz CT molecular complexity index is 737. The molecule has 2 N–H and O–H groups in total. The molecule has 1 aliphatic rings. The van der Waals surface area contributed by atoms with Gasteiger partial charge in [0.05, 0.1) is 12.2 Å². The number of likely N-dealkylation sites (tertiary alicyclic amines) is 1. The summed E-state index contributed by atoms with van der Waals surface area (Å²) in [6.07, 6.45) is 3.07. The Morgan fingerprint density at radius 2 is 2.08 bits per heavy atom. The molecule has 2 rings (SSSR count). The molecule has 0 bridgehead atoms. The number of nitrogens with zero attached hydrogens (tertiary/aromatic N) is 2. The first-order valence-electron chi connectivity index (χ1n) is 8.39. The molecule has 2 heterocycles. The largest absolute Gasteiger partial charge is 0.462 e. The van der Waals surface area contributed by atoms with E-state index in [0.29, 0.717) is 13.0 Å². The number of anilines is 1. The lowest BCUT2D eigenvalue weighted by molar-refractivity contribution is -0.150. The second-order valence-corrected chi connectivity index (χ2v) is 6.82. The summed E-state index contributed by atoms with van der Waals surface area (Å²) in [4.78, 5) is 37.7. The molecule has 8 nitrogen and oxygen atoms in total. The number of nitrogens with two attached hydrogens (primary N) is 1. The fourth-order valence-corrected chi connectivity index (χ4v) is 3.58. The average molecular weight is 379 g/mol. The minimum atomic E-state index is -0.612. The van der Waals surface area contributed by atoms with Crippen LogP contribution in [0.5, 0.6) is 0 Å². The SMILES string of the molecule is CCOC(=O)c1sc(N)c(C#N)c1COC(=O)CN1CCCCCC1=O. The Morgan fingerprint density at radius 3 is 2.77 bits per heavy atom. The molecule has 0 spiro atoms. The van der Waals surface area contributed by atoms with Crippen molar-refractivity contribution in [2.45, 2.75) is 39.2 Å². The zero-order valence-corrected chi connectivity index (χ0v) is 15.4. The van der Waals surface area contributed by atoms with Crippen LogP contribution in [-0.2, 0) is 25.7 Å². The van der Waals surface area contributed by atoms with E-state index in [1.54, 1.807) is 6.92 Å². The van der Waals surface area contributed by atoms with E-state index < -0.39 is 11.9 Å². The molecular formula is C17H21N3O5S. The van der Waals surface area contributed by atoms with Crippen LogP contribution in [0.15, 0.2) is 0 Å². The molecule has 26 heavy (non-hydrogen) atoms. The van der Waals surface area contributed by atoms with Crippen molar-refractivity contribution in [3.8, 4) is 6.07 Å². The van der Waals surface area contributed by atoms with Crippen LogP contribution in [0, 0.1) is 11.3 Å². The molecular weight excluding hydrogens is 358 g/mol. The molecule has 0 radical (unpaired) electrons. The number of ether oxygens (including phenoxy) is 2. The lowest BCUT2D eigenvalue weighted by atomic mass is 10.1. The quantitative estimate of drug-likeness (QED) is 0.748. The van der Waals surface area contributed by atoms with Gasteiger partial charge in [-0.05, 0) is 19.8 Å². The third-order valence-electron chi connectivity index (χ3n) is 3.98. The molecule has 0 unspecified atom stereocenters. The van der Waals surface area contributed by atoms with Gasteiger partial charge in [0.15, 0.2) is 0 Å². The van der Waals surface area contributed by atoms with E-state index in [1.807, 2.05) is 6.07 Å². The van der Waals surface area contributed by atoms with Crippen molar-refractivity contribution < 1.29 is 23.9 Å². The smallest absolute Gasteiger partial charge is 0.348 e. The highest BCUT2D eigenvalue weighted by Crippen LogP contribution is 2.31. The summed E-state index contributed by atoms with van der Waals surface area (Å²) in [7, 11) is 0. The van der Waals surface area contributed by atoms with Crippen LogP contribution in [-0.4, -0.2) is 42.4 Å². The van der Waals surface area contributed by atoms with Gasteiger partial charge in [-0.3, -0.25) is 9.59 Å². The highest BCUT2D eigenvalue weighted by atomic mass is 32.1. The summed E-state index contributed by atoms with van der Waals surface area (Å²) < 4.78 is 10.2. The lowest BCUT2D eigenvalue weighted by Gasteiger charge is -2.19. The molecule has 1 aromatic heterocycles. The first-order chi connectivity index (χ1) is 12.5. The van der Waals surface area contributed by atoms with Gasteiger partial charge in [0.25, 0.3) is 0 Å². The molecule has 0 aromatic carbocycles. The monoisotopic (exact) mass is 379 g/mol. The first kappa shape index (κ1) is 19.7. The maximum absolute atomic E-state index is 12.1. The zero-order valence-electron chi connectivity index (χ0n) is 14.6. The van der Waals surface area contributed by atoms with Crippen LogP contribution in [0.2, 0.25) is 0 Å². The van der Waals surface area contributed by atoms with E-state index in [4.69, 9.17) is 15.2 Å². The minimum absolute atomic E-state index is 0.0656. The minimum Gasteiger partial charge on any atom is -0.462 e. The molecule has 140 valence electrons. The van der Waals surface area contributed by atoms with E-state index in [0.717, 1.165) is 30.6 Å². The summed E-state index contributed by atoms with van der Waals surface area (Å²) >= 11 is 0.929. The number of hydrogen-bond donors (Lipinski definition) is 1. The number of nitrogen functional groups attached to an aromatic ring is 1. The molecule has 0 aliphatic carbocycles. The normalized spacial score (nSPS) is 14.5. The molecule has 0 atom stereocenters. The highest BCUT2D eigenvalue weighted by molar-refractivity contribution is 7.18. The third-order valence-corrected chi connectivity index (χ3v) is 5.02. The highest BCUT2D eigenvalue weighted by Gasteiger charge is 2.25. The summed E-state index contributed by atoms with van der Waals surface area (Å²) in [5.74, 6) is -1.27. The second kappa shape index (κ2) is 9.20. The predicted molar refractivity (Wildman–Crippen MR) is 94.2 cm³/mol. The number of amides is 1. The molecule has 1 aliphatic heterocycles. The second-order valence-electron chi connectivity index (χ2n) is 5.77. The van der Waals surface area contributed by atoms with Crippen LogP contribution < -0.4 is 5.73 Å². The lowest BCUT2D eigenvalue weighted by Crippen LogP contribution is -2.36. The Morgan fingerprint density at radius 1 is 1.31 bits per heavy atom. The Balaban J connectivity index is 2.06. The van der Waals surface area contributed by atoms with Gasteiger partial charge in [-0.2, -0.15) is 5.26 Å². The molecule has 9 heteroatoms. The van der Waals surface area contributed by atoms with Gasteiger partial charge < -0.3 is 20.1 Å². The van der Waals surface area contributed by atoms with Crippen molar-refractivity contribution >= 4 is 34.2 Å². The van der Waals surface area contributed by atoms with Crippen molar-refractivity contribution in [1.82, 2.24) is 4.90 Å². The van der Waals surface area contributed by atoms with Crippen LogP contribution in [0.25, 0.3) is 0 Å². The van der Waals surface area contributed by atoms with Crippen LogP contribution in [0.4, 0.5) is 5.00 Å². The number of carbonyl (C=O) groups excluding carboxylic acids is 3. The molecule has 1 saturated heterocycles. The fraction of sp³-hybridized carbons (Fsp3) is 0.529. The van der Waals surface area contributed by atoms with Gasteiger partial charge in [0.1, 0.15) is 29.1 Å². The van der Waals surface area contributed by atoms with Gasteiger partial charge in [0.2, 0.25) is 5.91 Å². The number of rotatable bonds is 6. The van der Waals surface area contributed by atoms with Crippen LogP contribution >= 0.6 is 11.3 Å². The summed E-state index contributed by atoms with van der Waals surface area (Å²) in [5, 5.41) is 9.42. The Labute approximate surface area is 155 Å². The van der Waals surface area contributed by atoms with E-state index in [-0.39, 0.29) is 46.7 Å². The number of esters is 2. The predicted octanol–water partition coefficient (Wildman–Crippen LogP) is 1.82. The maximum atomic E-state index is 12.1. The zero-order chi connectivity index (χ0) is 19.1. The van der Waals surface area contributed by atoms with E-state index in [9.17, 15) is 19.6 Å². The topological polar surface area (TPSA) is 123 Å². The first-order valence-corrected chi connectivity index (χ1v) is 9.21. The van der Waals surface area contributed by atoms with Crippen molar-refractivity contribution in [2.75, 3.05) is 25.4 Å². The standard InChI is InChI=1S/C17H21N3O5S/c1-2-24-17(23)15-12(11(8-18)16(19)26-15)10-25-14(22)9-20-7-5-3-4-6-13(20)21/h2-7,9-10,19H2,1H3. The van der Waals surface area contributed by atoms with Crippen molar-refractivity contribution in [2.24, 2.45) is 0 Å². The van der Waals surface area contributed by atoms with Crippen molar-refractivity contribution in [3.63, 3.8) is 0 Å². The van der Waals surface area contributed by atoms with E-state index >= 15 is 0 Å². The number of thiophene rings is 1. The summed E-state index contributed by atoms with van der Waals surface area (Å²) in [6.45, 7) is 1.95. The Hall–Kier alpha value is -2.60. The van der Waals surface area contributed by atoms with Gasteiger partial charge in [-0.25, -0.2) is 4.79 Å². The summed E-state index contributed by atoms with van der Waals surface area (Å²) in [5.41, 5.74) is 6.12. The average Bonchev–Trinajstić information content (AvgIpc) is 2.80. The molecule has 1 fully saturated rings. The van der Waals surface area contributed by atoms with Gasteiger partial charge >= 0.3 is 11.9 Å². The van der Waals surface area contributed by atoms with E-state index in [1.165, 1.54) is 4.90 Å². The van der Waals surface area contributed by atoms with E-state index in [2.05, 4.69) is 0 Å². The number of nitriles is 1. The molecule has 1 amide bonds. The fourth-order valence-electron chi connectivity index (χ4n) is 2.67. The summed E-state index contributed by atoms with van der Waals surface area (Å²) in [6, 6.07) is 1.92. The number of hydrogen-bond acceptors (Lipinski definition) is 8. The van der Waals surface area contributed by atoms with Crippen LogP contribution in [0.1, 0.15) is 53.4 Å². The number of carbonyl (C=O) groups is 3. The van der Waals surface area contributed by atoms with Gasteiger partial charge in [-0.15, -0.1) is 11.3 Å². The van der Waals surface area contributed by atoms with Crippen molar-refractivity contribution in [1.29, 1.82) is 5.26 Å². The van der Waals surface area contributed by atoms with Crippen LogP contribution in [0.3, 0.4) is 0 Å². The Kier molecular flexibility index (Phi) is 6.97. The third kappa shape index (κ3) is 4.73. The van der Waals surface area contributed by atoms with Gasteiger partial charge in [-0.1, -0.05) is 6.42 Å². The van der Waals surface area contributed by atoms with Crippen molar-refractivity contribution in [3.05, 3.63) is 16.0 Å². The maximum Gasteiger partial charge on any atom is 0.348 e. The molecule has 1 aromatic rings.